The minimum absolute atomic E-state index is 0.151. The maximum atomic E-state index is 12.5. The van der Waals surface area contributed by atoms with Crippen LogP contribution in [-0.2, 0) is 0 Å². The molecule has 0 aliphatic carbocycles. The van der Waals surface area contributed by atoms with Crippen LogP contribution in [0.2, 0.25) is 5.02 Å². The Morgan fingerprint density at radius 1 is 1.27 bits per heavy atom. The second-order valence-electron chi connectivity index (χ2n) is 4.80. The number of hydrogen-bond donors (Lipinski definition) is 2. The standard InChI is InChI=1S/C15H18ClN3O3/c1-11-10-19(13-5-3-2-4-12(13)16)17-14(11)15(22)18(6-8-20)7-9-21/h2-5,10,20-21H,6-9H2,1H3. The number of halogens is 1. The Morgan fingerprint density at radius 2 is 1.91 bits per heavy atom. The predicted octanol–water partition coefficient (Wildman–Crippen LogP) is 1.26. The Hall–Kier alpha value is -1.89. The average Bonchev–Trinajstić information content (AvgIpc) is 2.88. The van der Waals surface area contributed by atoms with Crippen molar-refractivity contribution in [2.24, 2.45) is 0 Å². The molecule has 0 atom stereocenters. The number of aryl methyl sites for hydroxylation is 1. The number of aromatic nitrogens is 2. The van der Waals surface area contributed by atoms with E-state index in [1.165, 1.54) is 4.90 Å². The van der Waals surface area contributed by atoms with Crippen LogP contribution < -0.4 is 0 Å². The van der Waals surface area contributed by atoms with Crippen LogP contribution in [0, 0.1) is 6.92 Å². The molecule has 2 aromatic rings. The van der Waals surface area contributed by atoms with E-state index >= 15 is 0 Å². The van der Waals surface area contributed by atoms with E-state index in [0.717, 1.165) is 0 Å². The fraction of sp³-hybridized carbons (Fsp3) is 0.333. The normalized spacial score (nSPS) is 10.7. The third kappa shape index (κ3) is 3.47. The van der Waals surface area contributed by atoms with E-state index in [1.54, 1.807) is 23.9 Å². The fourth-order valence-electron chi connectivity index (χ4n) is 2.14. The molecular formula is C15H18ClN3O3. The second kappa shape index (κ2) is 7.40. The molecule has 22 heavy (non-hydrogen) atoms. The highest BCUT2D eigenvalue weighted by molar-refractivity contribution is 6.32. The van der Waals surface area contributed by atoms with E-state index < -0.39 is 0 Å². The maximum absolute atomic E-state index is 12.5. The highest BCUT2D eigenvalue weighted by Gasteiger charge is 2.21. The van der Waals surface area contributed by atoms with Gasteiger partial charge in [-0.2, -0.15) is 5.10 Å². The van der Waals surface area contributed by atoms with Gasteiger partial charge in [0.05, 0.1) is 23.9 Å². The largest absolute Gasteiger partial charge is 0.395 e. The zero-order chi connectivity index (χ0) is 16.1. The van der Waals surface area contributed by atoms with Crippen LogP contribution in [0.25, 0.3) is 5.69 Å². The fourth-order valence-corrected chi connectivity index (χ4v) is 2.36. The summed E-state index contributed by atoms with van der Waals surface area (Å²) >= 11 is 6.14. The number of nitrogens with zero attached hydrogens (tertiary/aromatic N) is 3. The molecule has 0 aliphatic heterocycles. The van der Waals surface area contributed by atoms with Crippen LogP contribution in [0.4, 0.5) is 0 Å². The van der Waals surface area contributed by atoms with Gasteiger partial charge in [0.1, 0.15) is 0 Å². The molecular weight excluding hydrogens is 306 g/mol. The number of hydrogen-bond acceptors (Lipinski definition) is 4. The van der Waals surface area contributed by atoms with Gasteiger partial charge < -0.3 is 15.1 Å². The van der Waals surface area contributed by atoms with Crippen molar-refractivity contribution in [1.29, 1.82) is 0 Å². The number of aliphatic hydroxyl groups is 2. The smallest absolute Gasteiger partial charge is 0.274 e. The molecule has 0 radical (unpaired) electrons. The van der Waals surface area contributed by atoms with Crippen LogP contribution in [0.15, 0.2) is 30.5 Å². The van der Waals surface area contributed by atoms with Crippen molar-refractivity contribution in [3.63, 3.8) is 0 Å². The van der Waals surface area contributed by atoms with Crippen molar-refractivity contribution >= 4 is 17.5 Å². The lowest BCUT2D eigenvalue weighted by Crippen LogP contribution is -2.36. The maximum Gasteiger partial charge on any atom is 0.274 e. The number of benzene rings is 1. The number of carbonyl (C=O) groups excluding carboxylic acids is 1. The first-order valence-electron chi connectivity index (χ1n) is 6.90. The lowest BCUT2D eigenvalue weighted by molar-refractivity contribution is 0.0678. The monoisotopic (exact) mass is 323 g/mol. The highest BCUT2D eigenvalue weighted by atomic mass is 35.5. The summed E-state index contributed by atoms with van der Waals surface area (Å²) in [5.74, 6) is -0.327. The molecule has 1 heterocycles. The minimum Gasteiger partial charge on any atom is -0.395 e. The summed E-state index contributed by atoms with van der Waals surface area (Å²) in [5.41, 5.74) is 1.66. The lowest BCUT2D eigenvalue weighted by atomic mass is 10.2. The van der Waals surface area contributed by atoms with Crippen molar-refractivity contribution in [1.82, 2.24) is 14.7 Å². The van der Waals surface area contributed by atoms with Crippen molar-refractivity contribution in [2.75, 3.05) is 26.3 Å². The summed E-state index contributed by atoms with van der Waals surface area (Å²) in [4.78, 5) is 13.8. The summed E-state index contributed by atoms with van der Waals surface area (Å²) in [6.07, 6.45) is 1.73. The van der Waals surface area contributed by atoms with Crippen LogP contribution in [0.1, 0.15) is 16.1 Å². The number of rotatable bonds is 6. The topological polar surface area (TPSA) is 78.6 Å². The molecule has 1 aromatic heterocycles. The van der Waals surface area contributed by atoms with Crippen molar-refractivity contribution in [2.45, 2.75) is 6.92 Å². The molecule has 0 fully saturated rings. The number of amides is 1. The Kier molecular flexibility index (Phi) is 5.54. The Balaban J connectivity index is 2.33. The van der Waals surface area contributed by atoms with Crippen molar-refractivity contribution in [3.05, 3.63) is 46.7 Å². The molecule has 2 rings (SSSR count). The molecule has 0 saturated carbocycles. The van der Waals surface area contributed by atoms with E-state index in [9.17, 15) is 4.79 Å². The minimum atomic E-state index is -0.327. The van der Waals surface area contributed by atoms with Crippen LogP contribution >= 0.6 is 11.6 Å². The second-order valence-corrected chi connectivity index (χ2v) is 5.20. The molecule has 0 saturated heterocycles. The van der Waals surface area contributed by atoms with Gasteiger partial charge in [0.2, 0.25) is 0 Å². The summed E-state index contributed by atoms with van der Waals surface area (Å²) < 4.78 is 1.56. The quantitative estimate of drug-likeness (QED) is 0.839. The molecule has 2 N–H and O–H groups in total. The van der Waals surface area contributed by atoms with Crippen LogP contribution in [-0.4, -0.2) is 57.1 Å². The van der Waals surface area contributed by atoms with E-state index in [-0.39, 0.29) is 37.9 Å². The number of aliphatic hydroxyl groups excluding tert-OH is 2. The summed E-state index contributed by atoms with van der Waals surface area (Å²) in [5, 5.41) is 22.9. The third-order valence-corrected chi connectivity index (χ3v) is 3.55. The summed E-state index contributed by atoms with van der Waals surface area (Å²) in [6, 6.07) is 7.21. The van der Waals surface area contributed by atoms with Gasteiger partial charge in [0, 0.05) is 24.8 Å². The molecule has 7 heteroatoms. The molecule has 0 unspecified atom stereocenters. The van der Waals surface area contributed by atoms with E-state index in [2.05, 4.69) is 5.10 Å². The van der Waals surface area contributed by atoms with Crippen molar-refractivity contribution < 1.29 is 15.0 Å². The predicted molar refractivity (Wildman–Crippen MR) is 83.4 cm³/mol. The Bertz CT molecular complexity index is 651. The molecule has 118 valence electrons. The van der Waals surface area contributed by atoms with E-state index in [1.807, 2.05) is 18.2 Å². The average molecular weight is 324 g/mol. The highest BCUT2D eigenvalue weighted by Crippen LogP contribution is 2.21. The number of carbonyl (C=O) groups is 1. The lowest BCUT2D eigenvalue weighted by Gasteiger charge is -2.19. The Labute approximate surface area is 133 Å². The summed E-state index contributed by atoms with van der Waals surface area (Å²) in [7, 11) is 0. The molecule has 6 nitrogen and oxygen atoms in total. The first-order chi connectivity index (χ1) is 10.6. The molecule has 0 aliphatic rings. The van der Waals surface area contributed by atoms with Gasteiger partial charge in [0.25, 0.3) is 5.91 Å². The van der Waals surface area contributed by atoms with Gasteiger partial charge in [-0.1, -0.05) is 23.7 Å². The van der Waals surface area contributed by atoms with Gasteiger partial charge in [-0.3, -0.25) is 4.79 Å². The zero-order valence-corrected chi connectivity index (χ0v) is 13.0. The van der Waals surface area contributed by atoms with Crippen molar-refractivity contribution in [3.8, 4) is 5.69 Å². The zero-order valence-electron chi connectivity index (χ0n) is 12.2. The first kappa shape index (κ1) is 16.5. The molecule has 1 aromatic carbocycles. The van der Waals surface area contributed by atoms with Gasteiger partial charge in [-0.05, 0) is 19.1 Å². The molecule has 0 spiro atoms. The van der Waals surface area contributed by atoms with Gasteiger partial charge in [-0.25, -0.2) is 4.68 Å². The van der Waals surface area contributed by atoms with Crippen LogP contribution in [0.5, 0.6) is 0 Å². The third-order valence-electron chi connectivity index (χ3n) is 3.23. The first-order valence-corrected chi connectivity index (χ1v) is 7.28. The number of para-hydroxylation sites is 1. The van der Waals surface area contributed by atoms with Gasteiger partial charge in [0.15, 0.2) is 5.69 Å². The summed E-state index contributed by atoms with van der Waals surface area (Å²) in [6.45, 7) is 1.74. The molecule has 1 amide bonds. The molecule has 0 bridgehead atoms. The SMILES string of the molecule is Cc1cn(-c2ccccc2Cl)nc1C(=O)N(CCO)CCO. The van der Waals surface area contributed by atoms with E-state index in [4.69, 9.17) is 21.8 Å². The van der Waals surface area contributed by atoms with Gasteiger partial charge >= 0.3 is 0 Å². The van der Waals surface area contributed by atoms with E-state index in [0.29, 0.717) is 16.3 Å². The van der Waals surface area contributed by atoms with Gasteiger partial charge in [-0.15, -0.1) is 0 Å². The Morgan fingerprint density at radius 3 is 2.50 bits per heavy atom. The van der Waals surface area contributed by atoms with Crippen LogP contribution in [0.3, 0.4) is 0 Å².